The smallest absolute Gasteiger partial charge is 0.223 e. The quantitative estimate of drug-likeness (QED) is 0.740. The average molecular weight is 328 g/mol. The highest BCUT2D eigenvalue weighted by atomic mass is 35.5. The van der Waals surface area contributed by atoms with Crippen LogP contribution < -0.4 is 5.32 Å². The molecule has 0 saturated heterocycles. The molecule has 0 amide bonds. The van der Waals surface area contributed by atoms with Crippen LogP contribution in [-0.2, 0) is 13.0 Å². The van der Waals surface area contributed by atoms with E-state index in [0.29, 0.717) is 18.3 Å². The summed E-state index contributed by atoms with van der Waals surface area (Å²) in [6.45, 7) is 2.33. The lowest BCUT2D eigenvalue weighted by atomic mass is 9.99. The van der Waals surface area contributed by atoms with Crippen LogP contribution in [0, 0.1) is 6.92 Å². The minimum absolute atomic E-state index is 0.120. The molecule has 5 heteroatoms. The normalized spacial score (nSPS) is 12.3. The van der Waals surface area contributed by atoms with Gasteiger partial charge in [0.05, 0.1) is 6.54 Å². The molecule has 0 saturated carbocycles. The second kappa shape index (κ2) is 7.40. The van der Waals surface area contributed by atoms with Crippen LogP contribution in [0.15, 0.2) is 59.1 Å². The summed E-state index contributed by atoms with van der Waals surface area (Å²) in [5.74, 6) is 1.23. The molecule has 3 rings (SSSR count). The molecule has 23 heavy (non-hydrogen) atoms. The first-order valence-electron chi connectivity index (χ1n) is 7.53. The van der Waals surface area contributed by atoms with Crippen molar-refractivity contribution in [1.29, 1.82) is 0 Å². The number of benzene rings is 2. The number of rotatable bonds is 6. The summed E-state index contributed by atoms with van der Waals surface area (Å²) in [7, 11) is 0. The van der Waals surface area contributed by atoms with Gasteiger partial charge in [-0.15, -0.1) is 0 Å². The van der Waals surface area contributed by atoms with E-state index in [0.717, 1.165) is 17.0 Å². The fraction of sp³-hybridized carbons (Fsp3) is 0.222. The van der Waals surface area contributed by atoms with E-state index >= 15 is 0 Å². The first-order valence-corrected chi connectivity index (χ1v) is 7.91. The van der Waals surface area contributed by atoms with Crippen LogP contribution in [-0.4, -0.2) is 10.1 Å². The van der Waals surface area contributed by atoms with Crippen LogP contribution in [0.3, 0.4) is 0 Å². The topological polar surface area (TPSA) is 51.0 Å². The summed E-state index contributed by atoms with van der Waals surface area (Å²) in [5.41, 5.74) is 2.31. The number of nitrogens with one attached hydrogen (secondary N) is 1. The van der Waals surface area contributed by atoms with Crippen LogP contribution in [0.25, 0.3) is 0 Å². The van der Waals surface area contributed by atoms with Crippen molar-refractivity contribution in [1.82, 2.24) is 15.5 Å². The van der Waals surface area contributed by atoms with Crippen molar-refractivity contribution in [2.75, 3.05) is 0 Å². The molecule has 118 valence electrons. The van der Waals surface area contributed by atoms with Gasteiger partial charge in [0.1, 0.15) is 0 Å². The highest BCUT2D eigenvalue weighted by Gasteiger charge is 2.14. The van der Waals surface area contributed by atoms with E-state index in [1.165, 1.54) is 5.56 Å². The summed E-state index contributed by atoms with van der Waals surface area (Å²) < 4.78 is 5.02. The standard InChI is InChI=1S/C18H18ClN3O/c1-13-21-18(22-23-13)12-20-17(14-7-3-2-4-8-14)11-15-9-5-6-10-16(15)19/h2-10,17,20H,11-12H2,1H3/t17-/m0/s1. The van der Waals surface area contributed by atoms with Gasteiger partial charge >= 0.3 is 0 Å². The maximum atomic E-state index is 6.31. The molecule has 1 N–H and O–H groups in total. The average Bonchev–Trinajstić information content (AvgIpc) is 2.99. The Kier molecular flexibility index (Phi) is 5.05. The largest absolute Gasteiger partial charge is 0.340 e. The van der Waals surface area contributed by atoms with Gasteiger partial charge in [0.2, 0.25) is 5.89 Å². The van der Waals surface area contributed by atoms with Crippen LogP contribution >= 0.6 is 11.6 Å². The Morgan fingerprint density at radius 2 is 1.83 bits per heavy atom. The molecule has 1 aromatic heterocycles. The zero-order valence-electron chi connectivity index (χ0n) is 12.9. The molecule has 0 fully saturated rings. The lowest BCUT2D eigenvalue weighted by molar-refractivity contribution is 0.383. The van der Waals surface area contributed by atoms with Crippen molar-refractivity contribution in [3.8, 4) is 0 Å². The van der Waals surface area contributed by atoms with Gasteiger partial charge < -0.3 is 9.84 Å². The van der Waals surface area contributed by atoms with E-state index in [-0.39, 0.29) is 6.04 Å². The number of aryl methyl sites for hydroxylation is 1. The van der Waals surface area contributed by atoms with Gasteiger partial charge in [0.25, 0.3) is 0 Å². The molecular formula is C18H18ClN3O. The molecule has 0 unspecified atom stereocenters. The SMILES string of the molecule is Cc1nc(CN[C@@H](Cc2ccccc2Cl)c2ccccc2)no1. The van der Waals surface area contributed by atoms with Gasteiger partial charge in [-0.05, 0) is 23.6 Å². The molecule has 0 aliphatic heterocycles. The highest BCUT2D eigenvalue weighted by molar-refractivity contribution is 6.31. The number of hydrogen-bond donors (Lipinski definition) is 1. The zero-order valence-corrected chi connectivity index (χ0v) is 13.6. The van der Waals surface area contributed by atoms with Crippen LogP contribution in [0.4, 0.5) is 0 Å². The molecule has 3 aromatic rings. The van der Waals surface area contributed by atoms with E-state index in [2.05, 4.69) is 33.7 Å². The van der Waals surface area contributed by atoms with Gasteiger partial charge in [-0.25, -0.2) is 0 Å². The van der Waals surface area contributed by atoms with E-state index in [1.54, 1.807) is 6.92 Å². The van der Waals surface area contributed by atoms with Gasteiger partial charge in [-0.1, -0.05) is 65.3 Å². The number of hydrogen-bond acceptors (Lipinski definition) is 4. The number of nitrogens with zero attached hydrogens (tertiary/aromatic N) is 2. The molecule has 2 aromatic carbocycles. The summed E-state index contributed by atoms with van der Waals surface area (Å²) in [6, 6.07) is 18.3. The van der Waals surface area contributed by atoms with E-state index in [1.807, 2.05) is 36.4 Å². The summed E-state index contributed by atoms with van der Waals surface area (Å²) >= 11 is 6.31. The molecule has 0 aliphatic rings. The van der Waals surface area contributed by atoms with Crippen molar-refractivity contribution >= 4 is 11.6 Å². The van der Waals surface area contributed by atoms with E-state index in [4.69, 9.17) is 16.1 Å². The maximum Gasteiger partial charge on any atom is 0.223 e. The lowest BCUT2D eigenvalue weighted by Gasteiger charge is -2.19. The predicted octanol–water partition coefficient (Wildman–Crippen LogP) is 4.11. The molecule has 0 spiro atoms. The summed E-state index contributed by atoms with van der Waals surface area (Å²) in [4.78, 5) is 4.23. The van der Waals surface area contributed by atoms with Crippen LogP contribution in [0.2, 0.25) is 5.02 Å². The first-order chi connectivity index (χ1) is 11.2. The maximum absolute atomic E-state index is 6.31. The fourth-order valence-electron chi connectivity index (χ4n) is 2.50. The van der Waals surface area contributed by atoms with Gasteiger partial charge in [0, 0.05) is 18.0 Å². The summed E-state index contributed by atoms with van der Waals surface area (Å²) in [5, 5.41) is 8.21. The van der Waals surface area contributed by atoms with Crippen LogP contribution in [0.5, 0.6) is 0 Å². The molecule has 0 radical (unpaired) electrons. The summed E-state index contributed by atoms with van der Waals surface area (Å²) in [6.07, 6.45) is 0.792. The van der Waals surface area contributed by atoms with Gasteiger partial charge in [-0.2, -0.15) is 4.98 Å². The Hall–Kier alpha value is -2.17. The minimum atomic E-state index is 0.120. The van der Waals surface area contributed by atoms with Gasteiger partial charge in [0.15, 0.2) is 5.82 Å². The Morgan fingerprint density at radius 3 is 2.52 bits per heavy atom. The third-order valence-electron chi connectivity index (χ3n) is 3.66. The van der Waals surface area contributed by atoms with E-state index < -0.39 is 0 Å². The minimum Gasteiger partial charge on any atom is -0.340 e. The Labute approximate surface area is 140 Å². The van der Waals surface area contributed by atoms with Crippen molar-refractivity contribution in [3.05, 3.63) is 82.5 Å². The molecule has 0 bridgehead atoms. The van der Waals surface area contributed by atoms with Crippen molar-refractivity contribution in [2.24, 2.45) is 0 Å². The van der Waals surface area contributed by atoms with Crippen molar-refractivity contribution in [2.45, 2.75) is 25.9 Å². The van der Waals surface area contributed by atoms with E-state index in [9.17, 15) is 0 Å². The van der Waals surface area contributed by atoms with Crippen molar-refractivity contribution < 1.29 is 4.52 Å². The predicted molar refractivity (Wildman–Crippen MR) is 90.2 cm³/mol. The molecular weight excluding hydrogens is 310 g/mol. The molecule has 4 nitrogen and oxygen atoms in total. The fourth-order valence-corrected chi connectivity index (χ4v) is 2.72. The molecule has 1 heterocycles. The third-order valence-corrected chi connectivity index (χ3v) is 4.03. The zero-order chi connectivity index (χ0) is 16.1. The Bertz CT molecular complexity index is 758. The molecule has 1 atom stereocenters. The number of aromatic nitrogens is 2. The molecule has 0 aliphatic carbocycles. The highest BCUT2D eigenvalue weighted by Crippen LogP contribution is 2.23. The second-order valence-corrected chi connectivity index (χ2v) is 5.78. The Balaban J connectivity index is 1.78. The lowest BCUT2D eigenvalue weighted by Crippen LogP contribution is -2.23. The van der Waals surface area contributed by atoms with Gasteiger partial charge in [-0.3, -0.25) is 0 Å². The Morgan fingerprint density at radius 1 is 1.09 bits per heavy atom. The monoisotopic (exact) mass is 327 g/mol. The number of halogens is 1. The van der Waals surface area contributed by atoms with Crippen molar-refractivity contribution in [3.63, 3.8) is 0 Å². The second-order valence-electron chi connectivity index (χ2n) is 5.37. The third kappa shape index (κ3) is 4.18. The first kappa shape index (κ1) is 15.7. The van der Waals surface area contributed by atoms with Crippen LogP contribution in [0.1, 0.15) is 28.9 Å².